The van der Waals surface area contributed by atoms with E-state index in [1.165, 1.54) is 0 Å². The maximum Gasteiger partial charge on any atom is 0.155 e. The first-order valence-electron chi connectivity index (χ1n) is 3.98. The van der Waals surface area contributed by atoms with E-state index < -0.39 is 0 Å². The van der Waals surface area contributed by atoms with Gasteiger partial charge in [-0.15, -0.1) is 0 Å². The smallest absolute Gasteiger partial charge is 0.155 e. The lowest BCUT2D eigenvalue weighted by atomic mass is 10.4. The number of hydrogen-bond donors (Lipinski definition) is 0. The predicted molar refractivity (Wildman–Crippen MR) is 57.7 cm³/mol. The van der Waals surface area contributed by atoms with Crippen LogP contribution in [-0.4, -0.2) is 15.7 Å². The summed E-state index contributed by atoms with van der Waals surface area (Å²) in [6.45, 7) is 0. The molecule has 2 aromatic heterocycles. The highest BCUT2D eigenvalue weighted by Crippen LogP contribution is 2.21. The molecule has 0 aliphatic carbocycles. The second-order valence-corrected chi connectivity index (χ2v) is 4.06. The van der Waals surface area contributed by atoms with Crippen molar-refractivity contribution < 1.29 is 4.79 Å². The number of aromatic nitrogens is 2. The van der Waals surface area contributed by atoms with Crippen LogP contribution in [0.3, 0.4) is 0 Å². The number of fused-ring (bicyclic) bond motifs is 1. The summed E-state index contributed by atoms with van der Waals surface area (Å²) in [5.74, 6) is 0.660. The molecule has 0 amide bonds. The third kappa shape index (κ3) is 1.55. The zero-order chi connectivity index (χ0) is 10.1. The number of imidazole rings is 1. The molecule has 2 rings (SSSR count). The van der Waals surface area contributed by atoms with E-state index in [1.807, 2.05) is 22.7 Å². The quantitative estimate of drug-likeness (QED) is 0.788. The normalized spacial score (nSPS) is 10.7. The summed E-state index contributed by atoms with van der Waals surface area (Å²) in [5.41, 5.74) is 0.804. The Morgan fingerprint density at radius 1 is 1.64 bits per heavy atom. The Labute approximate surface area is 93.8 Å². The fraction of sp³-hybridized carbons (Fsp3) is 0.111. The Bertz CT molecular complexity index is 495. The molecule has 0 saturated heterocycles. The first kappa shape index (κ1) is 9.68. The van der Waals surface area contributed by atoms with Crippen LogP contribution in [0.2, 0.25) is 5.15 Å². The lowest BCUT2D eigenvalue weighted by Gasteiger charge is -1.97. The van der Waals surface area contributed by atoms with Crippen LogP contribution in [0.1, 0.15) is 5.82 Å². The second kappa shape index (κ2) is 3.71. The van der Waals surface area contributed by atoms with Crippen molar-refractivity contribution in [1.82, 2.24) is 9.38 Å². The molecule has 0 aromatic carbocycles. The maximum atomic E-state index is 10.4. The molecule has 0 aliphatic rings. The zero-order valence-corrected chi connectivity index (χ0v) is 9.42. The molecular formula is C9H6BrClN2O. The van der Waals surface area contributed by atoms with E-state index in [0.29, 0.717) is 11.0 Å². The van der Waals surface area contributed by atoms with Gasteiger partial charge in [0.25, 0.3) is 0 Å². The second-order valence-electron chi connectivity index (χ2n) is 2.79. The van der Waals surface area contributed by atoms with Crippen LogP contribution in [0.15, 0.2) is 22.8 Å². The fourth-order valence-electron chi connectivity index (χ4n) is 1.30. The van der Waals surface area contributed by atoms with Gasteiger partial charge in [0.05, 0.1) is 11.9 Å². The summed E-state index contributed by atoms with van der Waals surface area (Å²) in [6.07, 6.45) is 2.92. The number of carbonyl (C=O) groups excluding carboxylic acids is 1. The molecule has 0 atom stereocenters. The van der Waals surface area contributed by atoms with E-state index in [4.69, 9.17) is 11.6 Å². The van der Waals surface area contributed by atoms with Gasteiger partial charge in [0.15, 0.2) is 5.15 Å². The van der Waals surface area contributed by atoms with Crippen molar-refractivity contribution in [3.8, 4) is 0 Å². The maximum absolute atomic E-state index is 10.4. The fourth-order valence-corrected chi connectivity index (χ4v) is 1.88. The summed E-state index contributed by atoms with van der Waals surface area (Å²) >= 11 is 9.26. The Morgan fingerprint density at radius 2 is 2.43 bits per heavy atom. The predicted octanol–water partition coefficient (Wildman–Crippen LogP) is 2.49. The SMILES string of the molecule is O=CCc1nc(Cl)c2cc(Br)ccn12. The number of hydrogen-bond acceptors (Lipinski definition) is 2. The van der Waals surface area contributed by atoms with Gasteiger partial charge in [-0.3, -0.25) is 0 Å². The zero-order valence-electron chi connectivity index (χ0n) is 7.08. The van der Waals surface area contributed by atoms with Crippen molar-refractivity contribution in [1.29, 1.82) is 0 Å². The number of rotatable bonds is 2. The van der Waals surface area contributed by atoms with Crippen molar-refractivity contribution in [2.75, 3.05) is 0 Å². The molecule has 0 unspecified atom stereocenters. The summed E-state index contributed by atoms with van der Waals surface area (Å²) in [6, 6.07) is 3.74. The number of carbonyl (C=O) groups is 1. The molecule has 0 spiro atoms. The number of halogens is 2. The van der Waals surface area contributed by atoms with Crippen LogP contribution in [0, 0.1) is 0 Å². The van der Waals surface area contributed by atoms with Crippen LogP contribution in [0.25, 0.3) is 5.52 Å². The van der Waals surface area contributed by atoms with E-state index in [0.717, 1.165) is 16.3 Å². The van der Waals surface area contributed by atoms with Crippen molar-refractivity contribution in [2.24, 2.45) is 0 Å². The van der Waals surface area contributed by atoms with Gasteiger partial charge < -0.3 is 9.20 Å². The van der Waals surface area contributed by atoms with Gasteiger partial charge in [0.2, 0.25) is 0 Å². The van der Waals surface area contributed by atoms with E-state index in [9.17, 15) is 4.79 Å². The summed E-state index contributed by atoms with van der Waals surface area (Å²) < 4.78 is 2.74. The highest BCUT2D eigenvalue weighted by Gasteiger charge is 2.08. The van der Waals surface area contributed by atoms with Gasteiger partial charge in [0.1, 0.15) is 12.1 Å². The minimum absolute atomic E-state index is 0.273. The average Bonchev–Trinajstić information content (AvgIpc) is 2.44. The topological polar surface area (TPSA) is 34.4 Å². The average molecular weight is 274 g/mol. The minimum Gasteiger partial charge on any atom is -0.303 e. The molecule has 2 heterocycles. The first-order valence-corrected chi connectivity index (χ1v) is 5.15. The summed E-state index contributed by atoms with van der Waals surface area (Å²) in [4.78, 5) is 14.5. The monoisotopic (exact) mass is 272 g/mol. The van der Waals surface area contributed by atoms with Gasteiger partial charge in [0, 0.05) is 10.7 Å². The van der Waals surface area contributed by atoms with Crippen LogP contribution in [0.4, 0.5) is 0 Å². The Kier molecular flexibility index (Phi) is 2.56. The largest absolute Gasteiger partial charge is 0.303 e. The van der Waals surface area contributed by atoms with Gasteiger partial charge in [-0.1, -0.05) is 27.5 Å². The number of pyridine rings is 1. The minimum atomic E-state index is 0.273. The van der Waals surface area contributed by atoms with Crippen molar-refractivity contribution in [3.05, 3.63) is 33.8 Å². The molecule has 3 nitrogen and oxygen atoms in total. The Morgan fingerprint density at radius 3 is 3.14 bits per heavy atom. The lowest BCUT2D eigenvalue weighted by Crippen LogP contribution is -1.94. The van der Waals surface area contributed by atoms with Crippen LogP contribution >= 0.6 is 27.5 Å². The number of nitrogens with zero attached hydrogens (tertiary/aromatic N) is 2. The Balaban J connectivity index is 2.70. The molecule has 0 aliphatic heterocycles. The molecule has 2 aromatic rings. The van der Waals surface area contributed by atoms with Gasteiger partial charge in [-0.25, -0.2) is 4.98 Å². The highest BCUT2D eigenvalue weighted by atomic mass is 79.9. The highest BCUT2D eigenvalue weighted by molar-refractivity contribution is 9.10. The lowest BCUT2D eigenvalue weighted by molar-refractivity contribution is -0.107. The van der Waals surface area contributed by atoms with Crippen LogP contribution in [0.5, 0.6) is 0 Å². The molecule has 0 saturated carbocycles. The van der Waals surface area contributed by atoms with E-state index in [1.54, 1.807) is 0 Å². The van der Waals surface area contributed by atoms with E-state index >= 15 is 0 Å². The van der Waals surface area contributed by atoms with Crippen LogP contribution < -0.4 is 0 Å². The van der Waals surface area contributed by atoms with Crippen molar-refractivity contribution in [3.63, 3.8) is 0 Å². The molecule has 0 fully saturated rings. The molecule has 0 bridgehead atoms. The van der Waals surface area contributed by atoms with Crippen LogP contribution in [-0.2, 0) is 11.2 Å². The molecule has 72 valence electrons. The van der Waals surface area contributed by atoms with Gasteiger partial charge in [-0.05, 0) is 12.1 Å². The molecule has 0 N–H and O–H groups in total. The number of aldehydes is 1. The van der Waals surface area contributed by atoms with Gasteiger partial charge in [-0.2, -0.15) is 0 Å². The van der Waals surface area contributed by atoms with Gasteiger partial charge >= 0.3 is 0 Å². The van der Waals surface area contributed by atoms with E-state index in [2.05, 4.69) is 20.9 Å². The summed E-state index contributed by atoms with van der Waals surface area (Å²) in [7, 11) is 0. The molecular weight excluding hydrogens is 267 g/mol. The third-order valence-electron chi connectivity index (χ3n) is 1.90. The Hall–Kier alpha value is -0.870. The molecule has 14 heavy (non-hydrogen) atoms. The van der Waals surface area contributed by atoms with Crippen molar-refractivity contribution >= 4 is 39.3 Å². The summed E-state index contributed by atoms with van der Waals surface area (Å²) in [5, 5.41) is 0.420. The van der Waals surface area contributed by atoms with E-state index in [-0.39, 0.29) is 6.42 Å². The van der Waals surface area contributed by atoms with Crippen molar-refractivity contribution in [2.45, 2.75) is 6.42 Å². The molecule has 5 heteroatoms. The first-order chi connectivity index (χ1) is 6.72. The standard InChI is InChI=1S/C9H6BrClN2O/c10-6-1-3-13-7(5-6)9(11)12-8(13)2-4-14/h1,3-5H,2H2. The third-order valence-corrected chi connectivity index (χ3v) is 2.67. The molecule has 0 radical (unpaired) electrons.